The molecular weight excluding hydrogens is 246 g/mol. The van der Waals surface area contributed by atoms with Gasteiger partial charge in [-0.15, -0.1) is 11.6 Å². The molecule has 1 amide bonds. The van der Waals surface area contributed by atoms with Gasteiger partial charge in [-0.3, -0.25) is 9.69 Å². The number of amides is 1. The van der Waals surface area contributed by atoms with Crippen LogP contribution in [0.2, 0.25) is 0 Å². The number of methoxy groups -OCH3 is 1. The summed E-state index contributed by atoms with van der Waals surface area (Å²) in [4.78, 5) is 24.4. The number of rotatable bonds is 3. The molecule has 1 aromatic heterocycles. The molecule has 1 saturated heterocycles. The van der Waals surface area contributed by atoms with Crippen molar-refractivity contribution in [1.82, 2.24) is 0 Å². The third-order valence-corrected chi connectivity index (χ3v) is 3.10. The average Bonchev–Trinajstić information content (AvgIpc) is 2.94. The molecule has 0 N–H and O–H groups in total. The number of nitrogens with zero attached hydrogens (tertiary/aromatic N) is 1. The molecule has 2 heterocycles. The van der Waals surface area contributed by atoms with Crippen LogP contribution >= 0.6 is 11.6 Å². The Morgan fingerprint density at radius 2 is 2.41 bits per heavy atom. The van der Waals surface area contributed by atoms with Crippen molar-refractivity contribution in [2.24, 2.45) is 5.92 Å². The summed E-state index contributed by atoms with van der Waals surface area (Å²) in [7, 11) is 1.27. The average molecular weight is 258 g/mol. The Morgan fingerprint density at radius 3 is 3.00 bits per heavy atom. The molecule has 1 unspecified atom stereocenters. The molecule has 1 fully saturated rings. The lowest BCUT2D eigenvalue weighted by Gasteiger charge is -2.12. The van der Waals surface area contributed by atoms with Crippen molar-refractivity contribution in [3.05, 3.63) is 17.9 Å². The van der Waals surface area contributed by atoms with Crippen LogP contribution in [0.1, 0.15) is 17.0 Å². The number of esters is 1. The summed E-state index contributed by atoms with van der Waals surface area (Å²) in [6.07, 6.45) is 0.414. The lowest BCUT2D eigenvalue weighted by molar-refractivity contribution is -0.117. The SMILES string of the molecule is COC(=O)c1ccc(N2CC(CCl)CC2=O)o1. The van der Waals surface area contributed by atoms with Gasteiger partial charge in [0.15, 0.2) is 0 Å². The van der Waals surface area contributed by atoms with Gasteiger partial charge in [0.2, 0.25) is 17.6 Å². The summed E-state index contributed by atoms with van der Waals surface area (Å²) >= 11 is 5.72. The highest BCUT2D eigenvalue weighted by molar-refractivity contribution is 6.18. The van der Waals surface area contributed by atoms with Crippen LogP contribution < -0.4 is 4.90 Å². The Labute approximate surface area is 103 Å². The van der Waals surface area contributed by atoms with Gasteiger partial charge in [-0.2, -0.15) is 0 Å². The van der Waals surface area contributed by atoms with E-state index in [2.05, 4.69) is 4.74 Å². The second kappa shape index (κ2) is 4.79. The van der Waals surface area contributed by atoms with Gasteiger partial charge in [0.25, 0.3) is 0 Å². The van der Waals surface area contributed by atoms with E-state index in [-0.39, 0.29) is 17.6 Å². The summed E-state index contributed by atoms with van der Waals surface area (Å²) in [5.41, 5.74) is 0. The number of anilines is 1. The largest absolute Gasteiger partial charge is 0.463 e. The normalized spacial score (nSPS) is 19.8. The summed E-state index contributed by atoms with van der Waals surface area (Å²) in [5.74, 6) is 0.425. The molecule has 92 valence electrons. The van der Waals surface area contributed by atoms with Gasteiger partial charge in [-0.25, -0.2) is 4.79 Å². The van der Waals surface area contributed by atoms with Crippen LogP contribution in [0.25, 0.3) is 0 Å². The Kier molecular flexibility index (Phi) is 3.38. The number of carbonyl (C=O) groups is 2. The van der Waals surface area contributed by atoms with Crippen molar-refractivity contribution in [2.45, 2.75) is 6.42 Å². The number of alkyl halides is 1. The highest BCUT2D eigenvalue weighted by Crippen LogP contribution is 2.27. The zero-order valence-corrected chi connectivity index (χ0v) is 10.1. The van der Waals surface area contributed by atoms with Crippen LogP contribution in [0.5, 0.6) is 0 Å². The van der Waals surface area contributed by atoms with E-state index in [0.29, 0.717) is 24.7 Å². The number of hydrogen-bond donors (Lipinski definition) is 0. The fourth-order valence-electron chi connectivity index (χ4n) is 1.78. The second-order valence-electron chi connectivity index (χ2n) is 3.86. The predicted octanol–water partition coefficient (Wildman–Crippen LogP) is 1.66. The fraction of sp³-hybridized carbons (Fsp3) is 0.455. The minimum absolute atomic E-state index is 0.0404. The molecule has 2 rings (SSSR count). The van der Waals surface area contributed by atoms with Crippen LogP contribution in [0.3, 0.4) is 0 Å². The zero-order chi connectivity index (χ0) is 12.4. The van der Waals surface area contributed by atoms with Crippen molar-refractivity contribution < 1.29 is 18.7 Å². The van der Waals surface area contributed by atoms with E-state index in [0.717, 1.165) is 0 Å². The topological polar surface area (TPSA) is 59.8 Å². The van der Waals surface area contributed by atoms with Gasteiger partial charge in [-0.05, 0) is 12.0 Å². The van der Waals surface area contributed by atoms with Gasteiger partial charge in [0.1, 0.15) is 0 Å². The number of halogens is 1. The summed E-state index contributed by atoms with van der Waals surface area (Å²) in [6, 6.07) is 3.07. The van der Waals surface area contributed by atoms with Crippen LogP contribution in [-0.2, 0) is 9.53 Å². The van der Waals surface area contributed by atoms with E-state index in [1.165, 1.54) is 18.1 Å². The Balaban J connectivity index is 2.15. The predicted molar refractivity (Wildman–Crippen MR) is 61.2 cm³/mol. The van der Waals surface area contributed by atoms with Gasteiger partial charge >= 0.3 is 5.97 Å². The van der Waals surface area contributed by atoms with Gasteiger partial charge in [0.05, 0.1) is 7.11 Å². The van der Waals surface area contributed by atoms with E-state index >= 15 is 0 Å². The third-order valence-electron chi connectivity index (χ3n) is 2.67. The first-order chi connectivity index (χ1) is 8.15. The smallest absolute Gasteiger partial charge is 0.374 e. The molecule has 1 atom stereocenters. The zero-order valence-electron chi connectivity index (χ0n) is 9.31. The van der Waals surface area contributed by atoms with E-state index in [9.17, 15) is 9.59 Å². The standard InChI is InChI=1S/C11H12ClNO4/c1-16-11(15)8-2-3-10(17-8)13-6-7(5-12)4-9(13)14/h2-3,7H,4-6H2,1H3. The molecule has 0 spiro atoms. The first-order valence-electron chi connectivity index (χ1n) is 5.20. The monoisotopic (exact) mass is 257 g/mol. The first-order valence-corrected chi connectivity index (χ1v) is 5.73. The molecule has 0 bridgehead atoms. The summed E-state index contributed by atoms with van der Waals surface area (Å²) in [6.45, 7) is 0.524. The van der Waals surface area contributed by atoms with Gasteiger partial charge < -0.3 is 9.15 Å². The molecule has 1 aliphatic rings. The molecule has 1 aliphatic heterocycles. The van der Waals surface area contributed by atoms with Crippen molar-refractivity contribution in [3.63, 3.8) is 0 Å². The minimum atomic E-state index is -0.559. The number of furan rings is 1. The lowest BCUT2D eigenvalue weighted by atomic mass is 10.2. The van der Waals surface area contributed by atoms with Gasteiger partial charge in [0, 0.05) is 24.9 Å². The fourth-order valence-corrected chi connectivity index (χ4v) is 1.99. The quantitative estimate of drug-likeness (QED) is 0.610. The van der Waals surface area contributed by atoms with Crippen molar-refractivity contribution >= 4 is 29.4 Å². The highest BCUT2D eigenvalue weighted by atomic mass is 35.5. The van der Waals surface area contributed by atoms with E-state index in [1.807, 2.05) is 0 Å². The Morgan fingerprint density at radius 1 is 1.65 bits per heavy atom. The van der Waals surface area contributed by atoms with E-state index < -0.39 is 5.97 Å². The molecule has 17 heavy (non-hydrogen) atoms. The maximum absolute atomic E-state index is 11.7. The Hall–Kier alpha value is -1.49. The molecule has 0 radical (unpaired) electrons. The van der Waals surface area contributed by atoms with E-state index in [1.54, 1.807) is 6.07 Å². The van der Waals surface area contributed by atoms with Crippen LogP contribution in [0, 0.1) is 5.92 Å². The number of carbonyl (C=O) groups excluding carboxylic acids is 2. The summed E-state index contributed by atoms with van der Waals surface area (Å²) in [5, 5.41) is 0. The maximum Gasteiger partial charge on any atom is 0.374 e. The van der Waals surface area contributed by atoms with Crippen molar-refractivity contribution in [1.29, 1.82) is 0 Å². The molecular formula is C11H12ClNO4. The third kappa shape index (κ3) is 2.29. The second-order valence-corrected chi connectivity index (χ2v) is 4.17. The first kappa shape index (κ1) is 12.0. The Bertz CT molecular complexity index is 442. The molecule has 0 saturated carbocycles. The van der Waals surface area contributed by atoms with Crippen LogP contribution in [0.4, 0.5) is 5.88 Å². The lowest BCUT2D eigenvalue weighted by Crippen LogP contribution is -2.24. The van der Waals surface area contributed by atoms with Crippen LogP contribution in [-0.4, -0.2) is 31.4 Å². The van der Waals surface area contributed by atoms with Crippen molar-refractivity contribution in [2.75, 3.05) is 24.4 Å². The molecule has 6 heteroatoms. The molecule has 5 nitrogen and oxygen atoms in total. The number of ether oxygens (including phenoxy) is 1. The molecule has 0 aliphatic carbocycles. The van der Waals surface area contributed by atoms with Crippen LogP contribution in [0.15, 0.2) is 16.5 Å². The molecule has 0 aromatic carbocycles. The van der Waals surface area contributed by atoms with Crippen molar-refractivity contribution in [3.8, 4) is 0 Å². The van der Waals surface area contributed by atoms with E-state index in [4.69, 9.17) is 16.0 Å². The summed E-state index contributed by atoms with van der Waals surface area (Å²) < 4.78 is 9.80. The maximum atomic E-state index is 11.7. The molecule has 1 aromatic rings. The van der Waals surface area contributed by atoms with Gasteiger partial charge in [-0.1, -0.05) is 0 Å². The minimum Gasteiger partial charge on any atom is -0.463 e. The number of hydrogen-bond acceptors (Lipinski definition) is 4. The highest BCUT2D eigenvalue weighted by Gasteiger charge is 2.32.